The molecule has 1 N–H and O–H groups in total. The minimum Gasteiger partial charge on any atom is -0.466 e. The molecule has 0 aliphatic heterocycles. The predicted octanol–water partition coefficient (Wildman–Crippen LogP) is 10.0. The van der Waals surface area contributed by atoms with Crippen molar-refractivity contribution in [1.29, 1.82) is 0 Å². The third kappa shape index (κ3) is 33.7. The molecule has 0 aromatic heterocycles. The van der Waals surface area contributed by atoms with Crippen LogP contribution in [0.3, 0.4) is 0 Å². The van der Waals surface area contributed by atoms with E-state index < -0.39 is 0 Å². The Morgan fingerprint density at radius 1 is 0.488 bits per heavy atom. The number of nitrogens with zero attached hydrogens (tertiary/aromatic N) is 1. The van der Waals surface area contributed by atoms with Crippen molar-refractivity contribution >= 4 is 5.97 Å². The van der Waals surface area contributed by atoms with Gasteiger partial charge < -0.3 is 19.5 Å². The van der Waals surface area contributed by atoms with Crippen LogP contribution in [-0.4, -0.2) is 62.0 Å². The van der Waals surface area contributed by atoms with Crippen molar-refractivity contribution < 1.29 is 19.4 Å². The Hall–Kier alpha value is -0.650. The van der Waals surface area contributed by atoms with Crippen LogP contribution < -0.4 is 0 Å². The first-order valence-electron chi connectivity index (χ1n) is 18.3. The minimum absolute atomic E-state index is 0.0164. The van der Waals surface area contributed by atoms with E-state index in [1.54, 1.807) is 0 Å². The second-order valence-corrected chi connectivity index (χ2v) is 12.3. The number of aliphatic hydroxyl groups is 1. The second-order valence-electron chi connectivity index (χ2n) is 12.3. The molecule has 0 atom stereocenters. The van der Waals surface area contributed by atoms with Gasteiger partial charge in [-0.1, -0.05) is 136 Å². The number of carbonyl (C=O) groups is 1. The Bertz CT molecular complexity index is 502. The number of unbranched alkanes of at least 4 members (excludes halogenated alkanes) is 21. The van der Waals surface area contributed by atoms with Crippen molar-refractivity contribution in [2.24, 2.45) is 0 Å². The van der Waals surface area contributed by atoms with Gasteiger partial charge >= 0.3 is 5.97 Å². The lowest BCUT2D eigenvalue weighted by Gasteiger charge is -2.21. The first-order valence-corrected chi connectivity index (χ1v) is 18.3. The van der Waals surface area contributed by atoms with E-state index in [0.717, 1.165) is 52.1 Å². The number of hydrogen-bond acceptors (Lipinski definition) is 5. The Labute approximate surface area is 256 Å². The monoisotopic (exact) mass is 584 g/mol. The van der Waals surface area contributed by atoms with E-state index in [-0.39, 0.29) is 12.6 Å². The maximum Gasteiger partial charge on any atom is 0.305 e. The van der Waals surface area contributed by atoms with Gasteiger partial charge in [-0.15, -0.1) is 0 Å². The fraction of sp³-hybridized carbons (Fsp3) is 0.972. The van der Waals surface area contributed by atoms with E-state index >= 15 is 0 Å². The Morgan fingerprint density at radius 2 is 0.878 bits per heavy atom. The topological polar surface area (TPSA) is 59.0 Å². The summed E-state index contributed by atoms with van der Waals surface area (Å²) in [6.07, 6.45) is 32.0. The SMILES string of the molecule is CCCCCCCCCOCCCCCCCCN(CCO)CCCCCCCC(=O)OCCCCCCCCC. The molecule has 0 fully saturated rings. The van der Waals surface area contributed by atoms with Crippen LogP contribution in [-0.2, 0) is 14.3 Å². The summed E-state index contributed by atoms with van der Waals surface area (Å²) in [6.45, 7) is 10.2. The molecule has 0 bridgehead atoms. The highest BCUT2D eigenvalue weighted by molar-refractivity contribution is 5.69. The first kappa shape index (κ1) is 40.4. The van der Waals surface area contributed by atoms with E-state index in [9.17, 15) is 9.90 Å². The number of esters is 1. The lowest BCUT2D eigenvalue weighted by molar-refractivity contribution is -0.143. The van der Waals surface area contributed by atoms with Gasteiger partial charge in [0.1, 0.15) is 0 Å². The molecule has 0 amide bonds. The number of carbonyl (C=O) groups excluding carboxylic acids is 1. The normalized spacial score (nSPS) is 11.5. The van der Waals surface area contributed by atoms with Crippen molar-refractivity contribution in [3.05, 3.63) is 0 Å². The molecule has 0 unspecified atom stereocenters. The number of hydrogen-bond donors (Lipinski definition) is 1. The molecule has 0 spiro atoms. The smallest absolute Gasteiger partial charge is 0.305 e. The largest absolute Gasteiger partial charge is 0.466 e. The third-order valence-corrected chi connectivity index (χ3v) is 8.19. The average molecular weight is 584 g/mol. The van der Waals surface area contributed by atoms with Crippen molar-refractivity contribution in [3.63, 3.8) is 0 Å². The maximum atomic E-state index is 11.9. The lowest BCUT2D eigenvalue weighted by atomic mass is 10.1. The van der Waals surface area contributed by atoms with Crippen LogP contribution in [0.2, 0.25) is 0 Å². The second kappa shape index (κ2) is 35.5. The van der Waals surface area contributed by atoms with E-state index in [4.69, 9.17) is 9.47 Å². The van der Waals surface area contributed by atoms with E-state index in [2.05, 4.69) is 18.7 Å². The molecular formula is C36H73NO4. The van der Waals surface area contributed by atoms with Crippen molar-refractivity contribution in [3.8, 4) is 0 Å². The quantitative estimate of drug-likeness (QED) is 0.0594. The van der Waals surface area contributed by atoms with Crippen LogP contribution in [0.25, 0.3) is 0 Å². The summed E-state index contributed by atoms with van der Waals surface area (Å²) in [4.78, 5) is 14.3. The van der Waals surface area contributed by atoms with Gasteiger partial charge in [0.25, 0.3) is 0 Å². The molecule has 0 aromatic carbocycles. The van der Waals surface area contributed by atoms with Gasteiger partial charge in [-0.2, -0.15) is 0 Å². The number of aliphatic hydroxyl groups excluding tert-OH is 1. The summed E-state index contributed by atoms with van der Waals surface area (Å²) >= 11 is 0. The zero-order valence-electron chi connectivity index (χ0n) is 28.0. The van der Waals surface area contributed by atoms with Crippen molar-refractivity contribution in [2.75, 3.05) is 46.1 Å². The van der Waals surface area contributed by atoms with Gasteiger partial charge in [-0.25, -0.2) is 0 Å². The van der Waals surface area contributed by atoms with E-state index in [1.165, 1.54) is 141 Å². The predicted molar refractivity (Wildman–Crippen MR) is 177 cm³/mol. The molecule has 0 heterocycles. The summed E-state index contributed by atoms with van der Waals surface area (Å²) in [5.74, 6) is -0.0164. The highest BCUT2D eigenvalue weighted by Crippen LogP contribution is 2.11. The molecule has 246 valence electrons. The van der Waals surface area contributed by atoms with Gasteiger partial charge in [-0.3, -0.25) is 4.79 Å². The molecule has 5 nitrogen and oxygen atoms in total. The van der Waals surface area contributed by atoms with Crippen molar-refractivity contribution in [2.45, 2.75) is 181 Å². The molecule has 0 aromatic rings. The van der Waals surface area contributed by atoms with Crippen LogP contribution >= 0.6 is 0 Å². The standard InChI is InChI=1S/C36H73NO4/c1-3-5-7-9-12-19-25-33-40-34-26-20-14-11-17-23-29-37(31-32-38)30-24-18-15-16-22-28-36(39)41-35-27-21-13-10-8-6-4-2/h38H,3-35H2,1-2H3. The molecular weight excluding hydrogens is 510 g/mol. The van der Waals surface area contributed by atoms with E-state index in [0.29, 0.717) is 13.0 Å². The fourth-order valence-corrected chi connectivity index (χ4v) is 5.44. The van der Waals surface area contributed by atoms with Gasteiger partial charge in [0, 0.05) is 26.2 Å². The molecule has 0 aliphatic carbocycles. The Kier molecular flexibility index (Phi) is 35.0. The summed E-state index contributed by atoms with van der Waals surface area (Å²) in [6, 6.07) is 0. The highest BCUT2D eigenvalue weighted by atomic mass is 16.5. The van der Waals surface area contributed by atoms with Gasteiger partial charge in [0.05, 0.1) is 13.2 Å². The molecule has 0 aliphatic rings. The zero-order chi connectivity index (χ0) is 29.9. The van der Waals surface area contributed by atoms with Gasteiger partial charge in [0.2, 0.25) is 0 Å². The molecule has 41 heavy (non-hydrogen) atoms. The average Bonchev–Trinajstić information content (AvgIpc) is 2.97. The van der Waals surface area contributed by atoms with Crippen LogP contribution in [0.15, 0.2) is 0 Å². The Balaban J connectivity index is 3.45. The minimum atomic E-state index is -0.0164. The highest BCUT2D eigenvalue weighted by Gasteiger charge is 2.05. The first-order chi connectivity index (χ1) is 20.2. The lowest BCUT2D eigenvalue weighted by Crippen LogP contribution is -2.29. The van der Waals surface area contributed by atoms with Crippen LogP contribution in [0.1, 0.15) is 181 Å². The number of rotatable bonds is 35. The van der Waals surface area contributed by atoms with Gasteiger partial charge in [-0.05, 0) is 51.6 Å². The molecule has 0 saturated heterocycles. The zero-order valence-corrected chi connectivity index (χ0v) is 28.0. The van der Waals surface area contributed by atoms with Crippen molar-refractivity contribution in [1.82, 2.24) is 4.90 Å². The van der Waals surface area contributed by atoms with Crippen LogP contribution in [0.4, 0.5) is 0 Å². The summed E-state index contributed by atoms with van der Waals surface area (Å²) in [7, 11) is 0. The van der Waals surface area contributed by atoms with Crippen LogP contribution in [0.5, 0.6) is 0 Å². The Morgan fingerprint density at radius 3 is 1.34 bits per heavy atom. The summed E-state index contributed by atoms with van der Waals surface area (Å²) in [5, 5.41) is 9.43. The number of ether oxygens (including phenoxy) is 2. The summed E-state index contributed by atoms with van der Waals surface area (Å²) < 4.78 is 11.2. The van der Waals surface area contributed by atoms with Crippen LogP contribution in [0, 0.1) is 0 Å². The molecule has 0 saturated carbocycles. The van der Waals surface area contributed by atoms with E-state index in [1.807, 2.05) is 0 Å². The van der Waals surface area contributed by atoms with Gasteiger partial charge in [0.15, 0.2) is 0 Å². The summed E-state index contributed by atoms with van der Waals surface area (Å²) in [5.41, 5.74) is 0. The fourth-order valence-electron chi connectivity index (χ4n) is 5.44. The molecule has 0 rings (SSSR count). The molecule has 0 radical (unpaired) electrons. The maximum absolute atomic E-state index is 11.9. The third-order valence-electron chi connectivity index (χ3n) is 8.19. The molecule has 5 heteroatoms.